The van der Waals surface area contributed by atoms with E-state index in [0.29, 0.717) is 27.9 Å². The van der Waals surface area contributed by atoms with Gasteiger partial charge >= 0.3 is 12.0 Å². The van der Waals surface area contributed by atoms with Crippen LogP contribution in [-0.4, -0.2) is 33.6 Å². The molecule has 0 radical (unpaired) electrons. The molecular weight excluding hydrogens is 374 g/mol. The number of rotatable bonds is 8. The maximum absolute atomic E-state index is 12.1. The van der Waals surface area contributed by atoms with E-state index in [1.54, 1.807) is 12.1 Å². The third kappa shape index (κ3) is 6.16. The number of ketones is 1. The van der Waals surface area contributed by atoms with Gasteiger partial charge < -0.3 is 10.4 Å². The molecule has 0 saturated carbocycles. The molecule has 0 saturated heterocycles. The van der Waals surface area contributed by atoms with Crippen LogP contribution < -0.4 is 10.6 Å². The Labute approximate surface area is 159 Å². The number of carboxylic acids is 1. The first-order valence-corrected chi connectivity index (χ1v) is 9.82. The van der Waals surface area contributed by atoms with Gasteiger partial charge in [0.15, 0.2) is 10.9 Å². The third-order valence-corrected chi connectivity index (χ3v) is 5.08. The van der Waals surface area contributed by atoms with E-state index in [-0.39, 0.29) is 12.2 Å². The number of amides is 2. The number of carboxylic acid groups (broad SMARTS) is 1. The molecule has 138 valence electrons. The van der Waals surface area contributed by atoms with Crippen molar-refractivity contribution in [2.45, 2.75) is 26.0 Å². The molecule has 1 heterocycles. The minimum atomic E-state index is -0.823. The number of nitrogens with one attached hydrogen (secondary N) is 2. The number of anilines is 2. The zero-order valence-electron chi connectivity index (χ0n) is 14.4. The number of carbonyl (C=O) groups is 3. The van der Waals surface area contributed by atoms with Gasteiger partial charge in [-0.2, -0.15) is 11.8 Å². The zero-order valence-corrected chi connectivity index (χ0v) is 16.0. The van der Waals surface area contributed by atoms with E-state index >= 15 is 0 Å². The number of urea groups is 1. The van der Waals surface area contributed by atoms with Crippen LogP contribution in [0, 0.1) is 6.92 Å². The Hall–Kier alpha value is -2.39. The van der Waals surface area contributed by atoms with Gasteiger partial charge in [0.1, 0.15) is 0 Å². The predicted octanol–water partition coefficient (Wildman–Crippen LogP) is 4.01. The monoisotopic (exact) mass is 393 g/mol. The number of Topliss-reactive ketones (excluding diaryl/α,β-unsaturated/α-hetero) is 1. The first-order chi connectivity index (χ1) is 12.3. The number of aliphatic carboxylic acids is 1. The lowest BCUT2D eigenvalue weighted by atomic mass is 10.1. The van der Waals surface area contributed by atoms with Crippen molar-refractivity contribution in [3.8, 4) is 0 Å². The number of hydrogen-bond acceptors (Lipinski definition) is 6. The van der Waals surface area contributed by atoms with Crippen LogP contribution in [0.4, 0.5) is 15.6 Å². The summed E-state index contributed by atoms with van der Waals surface area (Å²) in [7, 11) is 0. The fraction of sp³-hybridized carbons (Fsp3) is 0.294. The molecule has 0 atom stereocenters. The summed E-state index contributed by atoms with van der Waals surface area (Å²) in [6.45, 7) is 3.33. The first-order valence-electron chi connectivity index (χ1n) is 7.78. The van der Waals surface area contributed by atoms with Crippen LogP contribution >= 0.6 is 23.1 Å². The Kier molecular flexibility index (Phi) is 7.16. The van der Waals surface area contributed by atoms with Gasteiger partial charge in [0, 0.05) is 22.4 Å². The molecule has 9 heteroatoms. The summed E-state index contributed by atoms with van der Waals surface area (Å²) in [5, 5.41) is 16.2. The number of nitrogens with zero attached hydrogens (tertiary/aromatic N) is 1. The van der Waals surface area contributed by atoms with Crippen molar-refractivity contribution in [2.24, 2.45) is 0 Å². The normalized spacial score (nSPS) is 10.4. The standard InChI is InChI=1S/C17H19N3O4S2/c1-10-3-4-14(13(7-10)11(2)21)19-16(24)20-17-18-12(9-26-17)8-25-6-5-15(22)23/h3-4,7,9H,5-6,8H2,1-2H3,(H,22,23)(H2,18,19,20,24). The van der Waals surface area contributed by atoms with Crippen LogP contribution in [0.3, 0.4) is 0 Å². The maximum atomic E-state index is 12.1. The molecule has 2 aromatic rings. The van der Waals surface area contributed by atoms with E-state index in [1.807, 2.05) is 18.4 Å². The molecule has 26 heavy (non-hydrogen) atoms. The number of thiazole rings is 1. The van der Waals surface area contributed by atoms with Gasteiger partial charge in [0.25, 0.3) is 0 Å². The summed E-state index contributed by atoms with van der Waals surface area (Å²) in [4.78, 5) is 38.6. The predicted molar refractivity (Wildman–Crippen MR) is 104 cm³/mol. The van der Waals surface area contributed by atoms with Gasteiger partial charge in [0.05, 0.1) is 17.8 Å². The van der Waals surface area contributed by atoms with Gasteiger partial charge in [-0.1, -0.05) is 11.6 Å². The molecule has 0 aliphatic rings. The molecule has 0 aliphatic carbocycles. The van der Waals surface area contributed by atoms with Crippen molar-refractivity contribution in [3.05, 3.63) is 40.4 Å². The number of aromatic nitrogens is 1. The second kappa shape index (κ2) is 9.35. The molecule has 0 spiro atoms. The zero-order chi connectivity index (χ0) is 19.1. The molecule has 2 amide bonds. The van der Waals surface area contributed by atoms with E-state index in [9.17, 15) is 14.4 Å². The van der Waals surface area contributed by atoms with Gasteiger partial charge in [-0.15, -0.1) is 11.3 Å². The molecule has 0 unspecified atom stereocenters. The Bertz CT molecular complexity index is 820. The highest BCUT2D eigenvalue weighted by atomic mass is 32.2. The SMILES string of the molecule is CC(=O)c1cc(C)ccc1NC(=O)Nc1nc(CSCCC(=O)O)cs1. The van der Waals surface area contributed by atoms with Crippen molar-refractivity contribution in [3.63, 3.8) is 0 Å². The summed E-state index contributed by atoms with van der Waals surface area (Å²) >= 11 is 2.76. The van der Waals surface area contributed by atoms with Crippen LogP contribution in [0.25, 0.3) is 0 Å². The highest BCUT2D eigenvalue weighted by Gasteiger charge is 2.12. The Morgan fingerprint density at radius 2 is 2.04 bits per heavy atom. The summed E-state index contributed by atoms with van der Waals surface area (Å²) in [6.07, 6.45) is 0.108. The van der Waals surface area contributed by atoms with Crippen molar-refractivity contribution < 1.29 is 19.5 Å². The summed E-state index contributed by atoms with van der Waals surface area (Å²) in [5.74, 6) is 0.145. The topological polar surface area (TPSA) is 108 Å². The minimum absolute atomic E-state index is 0.108. The largest absolute Gasteiger partial charge is 0.481 e. The fourth-order valence-electron chi connectivity index (χ4n) is 2.08. The molecule has 0 aliphatic heterocycles. The fourth-order valence-corrected chi connectivity index (χ4v) is 3.71. The quantitative estimate of drug-likeness (QED) is 0.462. The minimum Gasteiger partial charge on any atom is -0.481 e. The van der Waals surface area contributed by atoms with Crippen LogP contribution in [0.5, 0.6) is 0 Å². The van der Waals surface area contributed by atoms with Crippen molar-refractivity contribution in [1.29, 1.82) is 0 Å². The molecular formula is C17H19N3O4S2. The molecule has 3 N–H and O–H groups in total. The lowest BCUT2D eigenvalue weighted by Gasteiger charge is -2.10. The molecule has 1 aromatic heterocycles. The van der Waals surface area contributed by atoms with Gasteiger partial charge in [0.2, 0.25) is 0 Å². The highest BCUT2D eigenvalue weighted by molar-refractivity contribution is 7.98. The number of carbonyl (C=O) groups excluding carboxylic acids is 2. The van der Waals surface area contributed by atoms with E-state index in [0.717, 1.165) is 11.3 Å². The van der Waals surface area contributed by atoms with Gasteiger partial charge in [-0.3, -0.25) is 14.9 Å². The number of thioether (sulfide) groups is 1. The smallest absolute Gasteiger partial charge is 0.325 e. The lowest BCUT2D eigenvalue weighted by Crippen LogP contribution is -2.20. The second-order valence-electron chi connectivity index (χ2n) is 5.52. The molecule has 1 aromatic carbocycles. The summed E-state index contributed by atoms with van der Waals surface area (Å²) < 4.78 is 0. The Morgan fingerprint density at radius 1 is 1.27 bits per heavy atom. The van der Waals surface area contributed by atoms with Crippen LogP contribution in [-0.2, 0) is 10.5 Å². The Morgan fingerprint density at radius 3 is 2.73 bits per heavy atom. The first kappa shape index (κ1) is 19.9. The second-order valence-corrected chi connectivity index (χ2v) is 7.49. The van der Waals surface area contributed by atoms with E-state index in [1.165, 1.54) is 30.0 Å². The highest BCUT2D eigenvalue weighted by Crippen LogP contribution is 2.21. The molecule has 2 rings (SSSR count). The van der Waals surface area contributed by atoms with Gasteiger partial charge in [-0.25, -0.2) is 9.78 Å². The van der Waals surface area contributed by atoms with E-state index in [4.69, 9.17) is 5.11 Å². The summed E-state index contributed by atoms with van der Waals surface area (Å²) in [5.41, 5.74) is 2.61. The Balaban J connectivity index is 1.91. The number of aryl methyl sites for hydroxylation is 1. The van der Waals surface area contributed by atoms with E-state index in [2.05, 4.69) is 15.6 Å². The number of hydrogen-bond donors (Lipinski definition) is 3. The summed E-state index contributed by atoms with van der Waals surface area (Å²) in [6, 6.07) is 4.76. The molecule has 0 fully saturated rings. The average Bonchev–Trinajstić information content (AvgIpc) is 3.00. The third-order valence-electron chi connectivity index (χ3n) is 3.28. The van der Waals surface area contributed by atoms with Gasteiger partial charge in [-0.05, 0) is 26.0 Å². The van der Waals surface area contributed by atoms with Crippen LogP contribution in [0.2, 0.25) is 0 Å². The molecule has 7 nitrogen and oxygen atoms in total. The van der Waals surface area contributed by atoms with Crippen LogP contribution in [0.1, 0.15) is 35.0 Å². The lowest BCUT2D eigenvalue weighted by molar-refractivity contribution is -0.136. The van der Waals surface area contributed by atoms with Crippen LogP contribution in [0.15, 0.2) is 23.6 Å². The van der Waals surface area contributed by atoms with Crippen molar-refractivity contribution in [1.82, 2.24) is 4.98 Å². The maximum Gasteiger partial charge on any atom is 0.325 e. The van der Waals surface area contributed by atoms with E-state index < -0.39 is 12.0 Å². The van der Waals surface area contributed by atoms with Crippen molar-refractivity contribution in [2.75, 3.05) is 16.4 Å². The number of benzene rings is 1. The van der Waals surface area contributed by atoms with Crippen molar-refractivity contribution >= 4 is 51.7 Å². The molecule has 0 bridgehead atoms. The average molecular weight is 393 g/mol.